The lowest BCUT2D eigenvalue weighted by Crippen LogP contribution is -2.15. The normalized spacial score (nSPS) is 12.5. The Morgan fingerprint density at radius 2 is 1.70 bits per heavy atom. The fourth-order valence-corrected chi connectivity index (χ4v) is 3.12. The average Bonchev–Trinajstić information content (AvgIpc) is 2.47. The minimum atomic E-state index is -0.0169. The second-order valence-corrected chi connectivity index (χ2v) is 5.99. The largest absolute Gasteiger partial charge is 0.324 e. The first kappa shape index (κ1) is 13.5. The van der Waals surface area contributed by atoms with Gasteiger partial charge < -0.3 is 5.73 Å². The van der Waals surface area contributed by atoms with Gasteiger partial charge in [0.25, 0.3) is 0 Å². The molecule has 2 nitrogen and oxygen atoms in total. The maximum atomic E-state index is 6.33. The fourth-order valence-electron chi connectivity index (χ4n) is 2.33. The van der Waals surface area contributed by atoms with Crippen LogP contribution in [0, 0.1) is 3.57 Å². The molecule has 100 valence electrons. The Morgan fingerprint density at radius 1 is 0.950 bits per heavy atom. The zero-order valence-corrected chi connectivity index (χ0v) is 13.1. The van der Waals surface area contributed by atoms with Crippen molar-refractivity contribution in [2.75, 3.05) is 0 Å². The number of aromatic nitrogens is 1. The van der Waals surface area contributed by atoms with Gasteiger partial charge in [-0.2, -0.15) is 0 Å². The number of nitrogens with zero attached hydrogens (tertiary/aromatic N) is 1. The van der Waals surface area contributed by atoms with E-state index in [2.05, 4.69) is 57.9 Å². The van der Waals surface area contributed by atoms with Crippen molar-refractivity contribution >= 4 is 33.5 Å². The van der Waals surface area contributed by atoms with Gasteiger partial charge in [0.15, 0.2) is 0 Å². The molecule has 0 spiro atoms. The summed E-state index contributed by atoms with van der Waals surface area (Å²) in [4.78, 5) is 4.69. The van der Waals surface area contributed by atoms with E-state index in [9.17, 15) is 0 Å². The number of para-hydroxylation sites is 1. The monoisotopic (exact) mass is 374 g/mol. The van der Waals surface area contributed by atoms with Crippen LogP contribution in [0.5, 0.6) is 0 Å². The molecule has 20 heavy (non-hydrogen) atoms. The van der Waals surface area contributed by atoms with Crippen molar-refractivity contribution in [1.82, 2.24) is 4.98 Å². The first-order valence-electron chi connectivity index (χ1n) is 6.59. The van der Waals surface area contributed by atoms with Crippen LogP contribution in [0.3, 0.4) is 0 Å². The molecule has 3 aromatic rings. The molecular weight excluding hydrogens is 359 g/mol. The molecule has 2 aromatic carbocycles. The number of nitrogens with two attached hydrogens (primary N) is 1. The van der Waals surface area contributed by atoms with Crippen LogP contribution in [-0.4, -0.2) is 4.98 Å². The van der Waals surface area contributed by atoms with Crippen molar-refractivity contribution in [2.24, 2.45) is 5.73 Å². The van der Waals surface area contributed by atoms with Crippen LogP contribution in [0.2, 0.25) is 0 Å². The zero-order valence-electron chi connectivity index (χ0n) is 11.0. The van der Waals surface area contributed by atoms with Crippen molar-refractivity contribution in [2.45, 2.75) is 12.5 Å². The third-order valence-corrected chi connectivity index (χ3v) is 4.37. The summed E-state index contributed by atoms with van der Waals surface area (Å²) in [5.74, 6) is 0. The maximum absolute atomic E-state index is 6.33. The number of halogens is 1. The molecular formula is C17H15IN2. The Bertz CT molecular complexity index is 740. The van der Waals surface area contributed by atoms with Crippen molar-refractivity contribution in [3.63, 3.8) is 0 Å². The molecule has 1 unspecified atom stereocenters. The van der Waals surface area contributed by atoms with E-state index in [1.54, 1.807) is 0 Å². The van der Waals surface area contributed by atoms with Gasteiger partial charge in [-0.1, -0.05) is 42.5 Å². The first-order valence-corrected chi connectivity index (χ1v) is 7.66. The van der Waals surface area contributed by atoms with Crippen LogP contribution in [0.1, 0.15) is 17.3 Å². The van der Waals surface area contributed by atoms with Crippen LogP contribution in [0.25, 0.3) is 10.9 Å². The van der Waals surface area contributed by atoms with Gasteiger partial charge in [-0.15, -0.1) is 0 Å². The Kier molecular flexibility index (Phi) is 3.98. The summed E-state index contributed by atoms with van der Waals surface area (Å²) >= 11 is 2.33. The van der Waals surface area contributed by atoms with E-state index in [1.165, 1.54) is 14.5 Å². The van der Waals surface area contributed by atoms with E-state index in [0.717, 1.165) is 17.6 Å². The molecule has 1 aromatic heterocycles. The predicted molar refractivity (Wildman–Crippen MR) is 91.5 cm³/mol. The predicted octanol–water partition coefficient (Wildman–Crippen LogP) is 4.08. The summed E-state index contributed by atoms with van der Waals surface area (Å²) < 4.78 is 1.21. The molecule has 0 bridgehead atoms. The van der Waals surface area contributed by atoms with Crippen LogP contribution >= 0.6 is 22.6 Å². The summed E-state index contributed by atoms with van der Waals surface area (Å²) in [5, 5.41) is 1.17. The molecule has 0 fully saturated rings. The van der Waals surface area contributed by atoms with Gasteiger partial charge >= 0.3 is 0 Å². The lowest BCUT2D eigenvalue weighted by molar-refractivity contribution is 0.705. The van der Waals surface area contributed by atoms with Crippen LogP contribution < -0.4 is 5.73 Å². The van der Waals surface area contributed by atoms with Crippen molar-refractivity contribution < 1.29 is 0 Å². The third kappa shape index (κ3) is 2.83. The van der Waals surface area contributed by atoms with Crippen molar-refractivity contribution in [3.05, 3.63) is 75.5 Å². The molecule has 0 radical (unpaired) electrons. The lowest BCUT2D eigenvalue weighted by atomic mass is 10.0. The van der Waals surface area contributed by atoms with Gasteiger partial charge in [-0.25, -0.2) is 0 Å². The molecule has 3 heteroatoms. The van der Waals surface area contributed by atoms with Crippen LogP contribution in [0.15, 0.2) is 60.7 Å². The highest BCUT2D eigenvalue weighted by molar-refractivity contribution is 14.1. The highest BCUT2D eigenvalue weighted by Crippen LogP contribution is 2.21. The number of pyridine rings is 1. The molecule has 0 aliphatic carbocycles. The number of hydrogen-bond donors (Lipinski definition) is 1. The summed E-state index contributed by atoms with van der Waals surface area (Å²) in [6.07, 6.45) is 0.755. The van der Waals surface area contributed by atoms with E-state index in [4.69, 9.17) is 5.73 Å². The second-order valence-electron chi connectivity index (χ2n) is 4.83. The smallest absolute Gasteiger partial charge is 0.0705 e. The van der Waals surface area contributed by atoms with Gasteiger partial charge in [0.2, 0.25) is 0 Å². The average molecular weight is 374 g/mol. The minimum absolute atomic E-state index is 0.0169. The second kappa shape index (κ2) is 5.89. The Balaban J connectivity index is 1.87. The van der Waals surface area contributed by atoms with Crippen molar-refractivity contribution in [3.8, 4) is 0 Å². The number of rotatable bonds is 3. The number of fused-ring (bicyclic) bond motifs is 1. The number of benzene rings is 2. The lowest BCUT2D eigenvalue weighted by Gasteiger charge is -2.13. The van der Waals surface area contributed by atoms with E-state index >= 15 is 0 Å². The topological polar surface area (TPSA) is 38.9 Å². The molecule has 0 saturated heterocycles. The van der Waals surface area contributed by atoms with Gasteiger partial charge in [0, 0.05) is 27.1 Å². The summed E-state index contributed by atoms with van der Waals surface area (Å²) in [7, 11) is 0. The molecule has 3 rings (SSSR count). The molecule has 1 heterocycles. The molecule has 1 atom stereocenters. The standard InChI is InChI=1S/C17H15IN2/c18-15-7-3-2-6-14(15)16(19)11-13-10-9-12-5-1-4-8-17(12)20-13/h1-10,16H,11,19H2. The number of hydrogen-bond acceptors (Lipinski definition) is 2. The van der Waals surface area contributed by atoms with Gasteiger partial charge in [0.05, 0.1) is 5.52 Å². The Morgan fingerprint density at radius 3 is 2.55 bits per heavy atom. The van der Waals surface area contributed by atoms with Gasteiger partial charge in [-0.3, -0.25) is 4.98 Å². The summed E-state index contributed by atoms with van der Waals surface area (Å²) in [5.41, 5.74) is 9.58. The summed E-state index contributed by atoms with van der Waals surface area (Å²) in [6, 6.07) is 20.6. The molecule has 0 saturated carbocycles. The van der Waals surface area contributed by atoms with Gasteiger partial charge in [-0.05, 0) is 46.4 Å². The maximum Gasteiger partial charge on any atom is 0.0705 e. The SMILES string of the molecule is NC(Cc1ccc2ccccc2n1)c1ccccc1I. The molecule has 0 aliphatic heterocycles. The summed E-state index contributed by atoms with van der Waals surface area (Å²) in [6.45, 7) is 0. The minimum Gasteiger partial charge on any atom is -0.324 e. The fraction of sp³-hybridized carbons (Fsp3) is 0.118. The van der Waals surface area contributed by atoms with Crippen molar-refractivity contribution in [1.29, 1.82) is 0 Å². The first-order chi connectivity index (χ1) is 9.74. The Labute approximate surface area is 132 Å². The third-order valence-electron chi connectivity index (χ3n) is 3.39. The van der Waals surface area contributed by atoms with Crippen LogP contribution in [-0.2, 0) is 6.42 Å². The van der Waals surface area contributed by atoms with E-state index in [0.29, 0.717) is 0 Å². The van der Waals surface area contributed by atoms with Gasteiger partial charge in [0.1, 0.15) is 0 Å². The van der Waals surface area contributed by atoms with E-state index in [-0.39, 0.29) is 6.04 Å². The van der Waals surface area contributed by atoms with E-state index in [1.807, 2.05) is 30.3 Å². The molecule has 2 N–H and O–H groups in total. The molecule has 0 amide bonds. The van der Waals surface area contributed by atoms with Crippen LogP contribution in [0.4, 0.5) is 0 Å². The Hall–Kier alpha value is -1.46. The quantitative estimate of drug-likeness (QED) is 0.702. The highest BCUT2D eigenvalue weighted by Gasteiger charge is 2.11. The molecule has 0 aliphatic rings. The zero-order chi connectivity index (χ0) is 13.9. The van der Waals surface area contributed by atoms with E-state index < -0.39 is 0 Å². The highest BCUT2D eigenvalue weighted by atomic mass is 127.